The van der Waals surface area contributed by atoms with Gasteiger partial charge in [-0.3, -0.25) is 9.69 Å². The second-order valence-electron chi connectivity index (χ2n) is 4.89. The van der Waals surface area contributed by atoms with Crippen molar-refractivity contribution in [2.45, 2.75) is 25.3 Å². The molecule has 5 nitrogen and oxygen atoms in total. The number of nitrogens with two attached hydrogens (primary N) is 1. The van der Waals surface area contributed by atoms with Gasteiger partial charge in [0.05, 0.1) is 24.0 Å². The second-order valence-corrected chi connectivity index (χ2v) is 5.33. The van der Waals surface area contributed by atoms with Crippen LogP contribution in [0.2, 0.25) is 5.02 Å². The van der Waals surface area contributed by atoms with Gasteiger partial charge in [0.2, 0.25) is 5.91 Å². The van der Waals surface area contributed by atoms with Crippen LogP contribution in [0.1, 0.15) is 19.3 Å². The number of carbonyl (C=O) groups is 1. The highest BCUT2D eigenvalue weighted by atomic mass is 35.5. The van der Waals surface area contributed by atoms with E-state index in [0.717, 1.165) is 12.8 Å². The summed E-state index contributed by atoms with van der Waals surface area (Å²) in [5.41, 5.74) is 6.81. The van der Waals surface area contributed by atoms with Crippen molar-refractivity contribution in [3.63, 3.8) is 0 Å². The molecule has 6 heteroatoms. The molecule has 0 atom stereocenters. The highest BCUT2D eigenvalue weighted by Crippen LogP contribution is 2.27. The maximum Gasteiger partial charge on any atom is 0.238 e. The SMILES string of the molecule is N#CCCN(CC(=O)Nc1ccc(Cl)cc1N)C1CC1. The zero-order valence-electron chi connectivity index (χ0n) is 11.1. The zero-order chi connectivity index (χ0) is 14.5. The van der Waals surface area contributed by atoms with Gasteiger partial charge in [-0.15, -0.1) is 0 Å². The van der Waals surface area contributed by atoms with Crippen LogP contribution in [0.15, 0.2) is 18.2 Å². The Labute approximate surface area is 123 Å². The number of hydrogen-bond donors (Lipinski definition) is 2. The Balaban J connectivity index is 1.92. The van der Waals surface area contributed by atoms with E-state index in [0.29, 0.717) is 35.4 Å². The number of nitrogen functional groups attached to an aromatic ring is 1. The minimum absolute atomic E-state index is 0.121. The first-order valence-electron chi connectivity index (χ1n) is 6.56. The fourth-order valence-electron chi connectivity index (χ4n) is 2.05. The molecule has 0 aromatic heterocycles. The first kappa shape index (κ1) is 14.6. The third kappa shape index (κ3) is 4.12. The minimum atomic E-state index is -0.121. The number of rotatable bonds is 6. The standard InChI is InChI=1S/C14H17ClN4O/c15-10-2-5-13(12(17)8-10)18-14(20)9-19(7-1-6-16)11-3-4-11/h2,5,8,11H,1,3-4,7,9,17H2,(H,18,20). The van der Waals surface area contributed by atoms with Gasteiger partial charge < -0.3 is 11.1 Å². The molecule has 3 N–H and O–H groups in total. The van der Waals surface area contributed by atoms with E-state index in [9.17, 15) is 4.79 Å². The number of anilines is 2. The van der Waals surface area contributed by atoms with Crippen molar-refractivity contribution < 1.29 is 4.79 Å². The third-order valence-corrected chi connectivity index (χ3v) is 3.44. The molecule has 1 aromatic carbocycles. The Morgan fingerprint density at radius 3 is 2.90 bits per heavy atom. The summed E-state index contributed by atoms with van der Waals surface area (Å²) in [4.78, 5) is 14.1. The van der Waals surface area contributed by atoms with Crippen molar-refractivity contribution in [2.75, 3.05) is 24.1 Å². The molecule has 1 fully saturated rings. The number of nitriles is 1. The zero-order valence-corrected chi connectivity index (χ0v) is 11.9. The highest BCUT2D eigenvalue weighted by Gasteiger charge is 2.29. The van der Waals surface area contributed by atoms with Crippen molar-refractivity contribution in [2.24, 2.45) is 0 Å². The van der Waals surface area contributed by atoms with Gasteiger partial charge in [-0.25, -0.2) is 0 Å². The van der Waals surface area contributed by atoms with Gasteiger partial charge in [-0.05, 0) is 31.0 Å². The van der Waals surface area contributed by atoms with Gasteiger partial charge in [-0.1, -0.05) is 11.6 Å². The topological polar surface area (TPSA) is 82.2 Å². The van der Waals surface area contributed by atoms with Gasteiger partial charge in [-0.2, -0.15) is 5.26 Å². The Hall–Kier alpha value is -1.77. The second kappa shape index (κ2) is 6.60. The maximum absolute atomic E-state index is 12.0. The van der Waals surface area contributed by atoms with Gasteiger partial charge in [0, 0.05) is 24.0 Å². The fraction of sp³-hybridized carbons (Fsp3) is 0.429. The molecule has 0 aliphatic heterocycles. The van der Waals surface area contributed by atoms with E-state index in [4.69, 9.17) is 22.6 Å². The van der Waals surface area contributed by atoms with E-state index in [1.807, 2.05) is 4.90 Å². The molecule has 1 aromatic rings. The average molecular weight is 293 g/mol. The van der Waals surface area contributed by atoms with Crippen molar-refractivity contribution in [1.82, 2.24) is 4.90 Å². The Kier molecular flexibility index (Phi) is 4.83. The van der Waals surface area contributed by atoms with Crippen LogP contribution in [0, 0.1) is 11.3 Å². The van der Waals surface area contributed by atoms with Crippen LogP contribution in [-0.2, 0) is 4.79 Å². The van der Waals surface area contributed by atoms with Crippen LogP contribution in [0.3, 0.4) is 0 Å². The summed E-state index contributed by atoms with van der Waals surface area (Å²) in [5.74, 6) is -0.121. The van der Waals surface area contributed by atoms with Gasteiger partial charge in [0.15, 0.2) is 0 Å². The molecule has 0 radical (unpaired) electrons. The van der Waals surface area contributed by atoms with Gasteiger partial charge >= 0.3 is 0 Å². The van der Waals surface area contributed by atoms with E-state index in [1.165, 1.54) is 0 Å². The predicted octanol–water partition coefficient (Wildman–Crippen LogP) is 2.24. The quantitative estimate of drug-likeness (QED) is 0.788. The molecular weight excluding hydrogens is 276 g/mol. The van der Waals surface area contributed by atoms with Crippen molar-refractivity contribution >= 4 is 28.9 Å². The van der Waals surface area contributed by atoms with Crippen LogP contribution < -0.4 is 11.1 Å². The average Bonchev–Trinajstić information content (AvgIpc) is 3.22. The van der Waals surface area contributed by atoms with Crippen molar-refractivity contribution in [3.05, 3.63) is 23.2 Å². The lowest BCUT2D eigenvalue weighted by atomic mass is 10.2. The van der Waals surface area contributed by atoms with Crippen LogP contribution >= 0.6 is 11.6 Å². The molecule has 0 unspecified atom stereocenters. The van der Waals surface area contributed by atoms with Crippen LogP contribution in [-0.4, -0.2) is 29.9 Å². The van der Waals surface area contributed by atoms with Crippen molar-refractivity contribution in [1.29, 1.82) is 5.26 Å². The van der Waals surface area contributed by atoms with Gasteiger partial charge in [0.25, 0.3) is 0 Å². The maximum atomic E-state index is 12.0. The molecule has 0 spiro atoms. The Bertz CT molecular complexity index is 536. The first-order chi connectivity index (χ1) is 9.60. The molecule has 20 heavy (non-hydrogen) atoms. The lowest BCUT2D eigenvalue weighted by molar-refractivity contribution is -0.117. The number of halogens is 1. The summed E-state index contributed by atoms with van der Waals surface area (Å²) in [5, 5.41) is 12.0. The largest absolute Gasteiger partial charge is 0.397 e. The molecule has 1 saturated carbocycles. The number of benzene rings is 1. The van der Waals surface area contributed by atoms with E-state index < -0.39 is 0 Å². The van der Waals surface area contributed by atoms with Crippen LogP contribution in [0.5, 0.6) is 0 Å². The number of amides is 1. The number of nitrogens with zero attached hydrogens (tertiary/aromatic N) is 2. The van der Waals surface area contributed by atoms with Crippen molar-refractivity contribution in [3.8, 4) is 6.07 Å². The van der Waals surface area contributed by atoms with Crippen LogP contribution in [0.25, 0.3) is 0 Å². The normalized spacial score (nSPS) is 14.1. The molecule has 1 amide bonds. The molecule has 106 valence electrons. The minimum Gasteiger partial charge on any atom is -0.397 e. The van der Waals surface area contributed by atoms with E-state index in [2.05, 4.69) is 11.4 Å². The Morgan fingerprint density at radius 1 is 1.55 bits per heavy atom. The summed E-state index contributed by atoms with van der Waals surface area (Å²) in [6, 6.07) is 7.52. The predicted molar refractivity (Wildman–Crippen MR) is 79.3 cm³/mol. The summed E-state index contributed by atoms with van der Waals surface area (Å²) >= 11 is 5.81. The third-order valence-electron chi connectivity index (χ3n) is 3.21. The number of hydrogen-bond acceptors (Lipinski definition) is 4. The van der Waals surface area contributed by atoms with E-state index in [1.54, 1.807) is 18.2 Å². The number of carbonyl (C=O) groups excluding carboxylic acids is 1. The molecule has 0 bridgehead atoms. The number of nitrogens with one attached hydrogen (secondary N) is 1. The van der Waals surface area contributed by atoms with Crippen LogP contribution in [0.4, 0.5) is 11.4 Å². The first-order valence-corrected chi connectivity index (χ1v) is 6.94. The molecule has 0 saturated heterocycles. The Morgan fingerprint density at radius 2 is 2.30 bits per heavy atom. The van der Waals surface area contributed by atoms with Gasteiger partial charge in [0.1, 0.15) is 0 Å². The molecule has 1 aliphatic rings. The van der Waals surface area contributed by atoms with E-state index >= 15 is 0 Å². The molecule has 1 aliphatic carbocycles. The lowest BCUT2D eigenvalue weighted by Crippen LogP contribution is -2.35. The summed E-state index contributed by atoms with van der Waals surface area (Å²) in [7, 11) is 0. The highest BCUT2D eigenvalue weighted by molar-refractivity contribution is 6.31. The molecule has 2 rings (SSSR count). The summed E-state index contributed by atoms with van der Waals surface area (Å²) in [6.45, 7) is 0.916. The summed E-state index contributed by atoms with van der Waals surface area (Å²) < 4.78 is 0. The van der Waals surface area contributed by atoms with E-state index in [-0.39, 0.29) is 12.5 Å². The monoisotopic (exact) mass is 292 g/mol. The lowest BCUT2D eigenvalue weighted by Gasteiger charge is -2.20. The fourth-order valence-corrected chi connectivity index (χ4v) is 2.23. The molecule has 0 heterocycles. The summed E-state index contributed by atoms with van der Waals surface area (Å²) in [6.07, 6.45) is 2.64. The smallest absolute Gasteiger partial charge is 0.238 e. The molecular formula is C14H17ClN4O.